The van der Waals surface area contributed by atoms with Gasteiger partial charge >= 0.3 is 0 Å². The molecule has 4 rings (SSSR count). The fraction of sp³-hybridized carbons (Fsp3) is 0.0952. The highest BCUT2D eigenvalue weighted by molar-refractivity contribution is 6.33. The van der Waals surface area contributed by atoms with Gasteiger partial charge in [-0.25, -0.2) is 4.98 Å². The molecular weight excluding hydrogens is 318 g/mol. The molecule has 3 aromatic carbocycles. The minimum Gasteiger partial charge on any atom is -0.396 e. The second kappa shape index (κ2) is 6.23. The summed E-state index contributed by atoms with van der Waals surface area (Å²) >= 11 is 6.37. The Hall–Kier alpha value is -2.42. The van der Waals surface area contributed by atoms with Crippen LogP contribution in [0, 0.1) is 0 Å². The van der Waals surface area contributed by atoms with Gasteiger partial charge in [0.1, 0.15) is 0 Å². The van der Waals surface area contributed by atoms with Gasteiger partial charge in [-0.05, 0) is 41.0 Å². The topological polar surface area (TPSA) is 33.1 Å². The molecule has 0 aliphatic rings. The Bertz CT molecular complexity index is 1040. The number of aromatic nitrogens is 1. The van der Waals surface area contributed by atoms with Crippen molar-refractivity contribution in [3.63, 3.8) is 0 Å². The molecular formula is C21H16ClNO. The Morgan fingerprint density at radius 3 is 2.50 bits per heavy atom. The van der Waals surface area contributed by atoms with Crippen LogP contribution in [0.3, 0.4) is 0 Å². The maximum atomic E-state index is 9.48. The van der Waals surface area contributed by atoms with Crippen LogP contribution in [-0.2, 0) is 6.42 Å². The largest absolute Gasteiger partial charge is 0.396 e. The van der Waals surface area contributed by atoms with E-state index < -0.39 is 0 Å². The first-order valence-electron chi connectivity index (χ1n) is 7.95. The van der Waals surface area contributed by atoms with Gasteiger partial charge in [0.25, 0.3) is 0 Å². The lowest BCUT2D eigenvalue weighted by molar-refractivity contribution is 0.299. The Kier molecular flexibility index (Phi) is 3.93. The van der Waals surface area contributed by atoms with Crippen molar-refractivity contribution < 1.29 is 5.11 Å². The lowest BCUT2D eigenvalue weighted by atomic mass is 9.98. The van der Waals surface area contributed by atoms with E-state index in [1.54, 1.807) is 0 Å². The van der Waals surface area contributed by atoms with Gasteiger partial charge in [-0.2, -0.15) is 0 Å². The smallest absolute Gasteiger partial charge is 0.0757 e. The van der Waals surface area contributed by atoms with Crippen LogP contribution in [0.4, 0.5) is 0 Å². The van der Waals surface area contributed by atoms with Crippen LogP contribution in [-0.4, -0.2) is 16.7 Å². The van der Waals surface area contributed by atoms with Gasteiger partial charge in [0, 0.05) is 22.6 Å². The monoisotopic (exact) mass is 333 g/mol. The molecule has 0 saturated heterocycles. The molecule has 0 aliphatic heterocycles. The molecule has 4 aromatic rings. The summed E-state index contributed by atoms with van der Waals surface area (Å²) in [6, 6.07) is 22.3. The number of fused-ring (bicyclic) bond motifs is 3. The minimum absolute atomic E-state index is 0.0788. The number of aliphatic hydroxyl groups excluding tert-OH is 1. The van der Waals surface area contributed by atoms with Crippen LogP contribution < -0.4 is 0 Å². The van der Waals surface area contributed by atoms with E-state index >= 15 is 0 Å². The van der Waals surface area contributed by atoms with E-state index in [2.05, 4.69) is 24.3 Å². The zero-order chi connectivity index (χ0) is 16.5. The van der Waals surface area contributed by atoms with Crippen molar-refractivity contribution in [3.8, 4) is 11.3 Å². The number of nitrogens with zero attached hydrogens (tertiary/aromatic N) is 1. The maximum Gasteiger partial charge on any atom is 0.0757 e. The fourth-order valence-corrected chi connectivity index (χ4v) is 3.39. The highest BCUT2D eigenvalue weighted by Gasteiger charge is 2.13. The molecule has 0 spiro atoms. The van der Waals surface area contributed by atoms with Crippen LogP contribution in [0.5, 0.6) is 0 Å². The number of benzene rings is 3. The van der Waals surface area contributed by atoms with E-state index in [0.29, 0.717) is 11.4 Å². The fourth-order valence-electron chi connectivity index (χ4n) is 3.17. The lowest BCUT2D eigenvalue weighted by Crippen LogP contribution is -1.98. The first-order valence-corrected chi connectivity index (χ1v) is 8.33. The number of rotatable bonds is 3. The SMILES string of the molecule is OCCc1cc2c(ccc3ccccc32)nc1-c1ccccc1Cl. The van der Waals surface area contributed by atoms with Crippen molar-refractivity contribution >= 4 is 33.3 Å². The van der Waals surface area contributed by atoms with Crippen LogP contribution >= 0.6 is 11.6 Å². The van der Waals surface area contributed by atoms with Crippen molar-refractivity contribution in [1.29, 1.82) is 0 Å². The third kappa shape index (κ3) is 2.54. The Morgan fingerprint density at radius 1 is 0.875 bits per heavy atom. The Labute approximate surface area is 145 Å². The minimum atomic E-state index is 0.0788. The van der Waals surface area contributed by atoms with Crippen molar-refractivity contribution in [3.05, 3.63) is 77.3 Å². The van der Waals surface area contributed by atoms with Crippen molar-refractivity contribution in [2.75, 3.05) is 6.61 Å². The molecule has 3 heteroatoms. The number of hydrogen-bond donors (Lipinski definition) is 1. The van der Waals surface area contributed by atoms with Gasteiger partial charge in [-0.15, -0.1) is 0 Å². The van der Waals surface area contributed by atoms with Crippen LogP contribution in [0.15, 0.2) is 66.7 Å². The number of pyridine rings is 1. The molecule has 0 bridgehead atoms. The molecule has 24 heavy (non-hydrogen) atoms. The van der Waals surface area contributed by atoms with Crippen molar-refractivity contribution in [2.24, 2.45) is 0 Å². The van der Waals surface area contributed by atoms with Gasteiger partial charge in [0.2, 0.25) is 0 Å². The van der Waals surface area contributed by atoms with E-state index in [0.717, 1.165) is 27.7 Å². The first-order chi connectivity index (χ1) is 11.8. The molecule has 1 N–H and O–H groups in total. The summed E-state index contributed by atoms with van der Waals surface area (Å²) in [6.45, 7) is 0.0788. The molecule has 1 heterocycles. The lowest BCUT2D eigenvalue weighted by Gasteiger charge is -2.13. The van der Waals surface area contributed by atoms with Crippen LogP contribution in [0.1, 0.15) is 5.56 Å². The molecule has 0 unspecified atom stereocenters. The van der Waals surface area contributed by atoms with Gasteiger partial charge in [0.05, 0.1) is 11.2 Å². The standard InChI is InChI=1S/C21H16ClNO/c22-19-8-4-3-7-17(19)21-15(11-12-24)13-18-16-6-2-1-5-14(16)9-10-20(18)23-21/h1-10,13,24H,11-12H2. The molecule has 2 nitrogen and oxygen atoms in total. The second-order valence-corrected chi connectivity index (χ2v) is 6.21. The average Bonchev–Trinajstić information content (AvgIpc) is 2.62. The highest BCUT2D eigenvalue weighted by Crippen LogP contribution is 2.33. The molecule has 0 saturated carbocycles. The summed E-state index contributed by atoms with van der Waals surface area (Å²) < 4.78 is 0. The Morgan fingerprint density at radius 2 is 1.67 bits per heavy atom. The Balaban J connectivity index is 2.05. The predicted molar refractivity (Wildman–Crippen MR) is 100 cm³/mol. The first kappa shape index (κ1) is 15.1. The maximum absolute atomic E-state index is 9.48. The zero-order valence-electron chi connectivity index (χ0n) is 13.0. The quantitative estimate of drug-likeness (QED) is 0.520. The number of hydrogen-bond acceptors (Lipinski definition) is 2. The number of aliphatic hydroxyl groups is 1. The van der Waals surface area contributed by atoms with Crippen LogP contribution in [0.2, 0.25) is 5.02 Å². The molecule has 0 amide bonds. The normalized spacial score (nSPS) is 11.2. The van der Waals surface area contributed by atoms with Crippen molar-refractivity contribution in [2.45, 2.75) is 6.42 Å². The van der Waals surface area contributed by atoms with Crippen LogP contribution in [0.25, 0.3) is 32.9 Å². The summed E-state index contributed by atoms with van der Waals surface area (Å²) in [5.74, 6) is 0. The molecule has 0 fully saturated rings. The van der Waals surface area contributed by atoms with E-state index in [4.69, 9.17) is 16.6 Å². The highest BCUT2D eigenvalue weighted by atomic mass is 35.5. The van der Waals surface area contributed by atoms with Gasteiger partial charge in [0.15, 0.2) is 0 Å². The molecule has 0 aliphatic carbocycles. The third-order valence-electron chi connectivity index (χ3n) is 4.31. The molecule has 0 radical (unpaired) electrons. The second-order valence-electron chi connectivity index (χ2n) is 5.80. The van der Waals surface area contributed by atoms with E-state index in [9.17, 15) is 5.11 Å². The molecule has 1 aromatic heterocycles. The third-order valence-corrected chi connectivity index (χ3v) is 4.64. The summed E-state index contributed by atoms with van der Waals surface area (Å²) in [7, 11) is 0. The molecule has 118 valence electrons. The summed E-state index contributed by atoms with van der Waals surface area (Å²) in [6.07, 6.45) is 0.548. The number of halogens is 1. The van der Waals surface area contributed by atoms with Gasteiger partial charge in [-0.1, -0.05) is 60.1 Å². The van der Waals surface area contributed by atoms with E-state index in [-0.39, 0.29) is 6.61 Å². The summed E-state index contributed by atoms with van der Waals surface area (Å²) in [5.41, 5.74) is 3.69. The summed E-state index contributed by atoms with van der Waals surface area (Å²) in [4.78, 5) is 4.88. The van der Waals surface area contributed by atoms with Gasteiger partial charge < -0.3 is 5.11 Å². The van der Waals surface area contributed by atoms with Gasteiger partial charge in [-0.3, -0.25) is 0 Å². The van der Waals surface area contributed by atoms with E-state index in [1.807, 2.05) is 42.5 Å². The molecule has 0 atom stereocenters. The predicted octanol–water partition coefficient (Wildman–Crippen LogP) is 5.24. The zero-order valence-corrected chi connectivity index (χ0v) is 13.8. The summed E-state index contributed by atoms with van der Waals surface area (Å²) in [5, 5.41) is 13.6. The van der Waals surface area contributed by atoms with Crippen molar-refractivity contribution in [1.82, 2.24) is 4.98 Å². The average molecular weight is 334 g/mol. The van der Waals surface area contributed by atoms with E-state index in [1.165, 1.54) is 10.8 Å².